The molecule has 2 aliphatic rings. The van der Waals surface area contributed by atoms with Crippen LogP contribution in [0.15, 0.2) is 41.3 Å². The van der Waals surface area contributed by atoms with Crippen LogP contribution in [0.4, 0.5) is 0 Å². The van der Waals surface area contributed by atoms with Crippen LogP contribution in [0.5, 0.6) is 0 Å². The summed E-state index contributed by atoms with van der Waals surface area (Å²) in [6, 6.07) is 4.14. The van der Waals surface area contributed by atoms with Crippen LogP contribution in [0.25, 0.3) is 0 Å². The molecule has 0 bridgehead atoms. The summed E-state index contributed by atoms with van der Waals surface area (Å²) in [6.07, 6.45) is 8.89. The van der Waals surface area contributed by atoms with Crippen LogP contribution >= 0.6 is 11.3 Å². The third-order valence-electron chi connectivity index (χ3n) is 5.27. The van der Waals surface area contributed by atoms with Gasteiger partial charge in [0.1, 0.15) is 0 Å². The second kappa shape index (κ2) is 7.06. The second-order valence-electron chi connectivity index (χ2n) is 7.06. The summed E-state index contributed by atoms with van der Waals surface area (Å²) in [5.41, 5.74) is 1.07. The fourth-order valence-corrected chi connectivity index (χ4v) is 4.83. The summed E-state index contributed by atoms with van der Waals surface area (Å²) in [5.74, 6) is 0.610. The van der Waals surface area contributed by atoms with E-state index in [0.29, 0.717) is 18.9 Å². The van der Waals surface area contributed by atoms with E-state index in [9.17, 15) is 9.59 Å². The predicted molar refractivity (Wildman–Crippen MR) is 97.9 cm³/mol. The Morgan fingerprint density at radius 2 is 2.29 bits per heavy atom. The molecule has 0 aromatic carbocycles. The maximum Gasteiger partial charge on any atom is 0.224 e. The van der Waals surface area contributed by atoms with Crippen LogP contribution in [-0.2, 0) is 16.0 Å². The molecule has 3 nitrogen and oxygen atoms in total. The van der Waals surface area contributed by atoms with E-state index in [4.69, 9.17) is 0 Å². The van der Waals surface area contributed by atoms with Crippen molar-refractivity contribution in [3.8, 4) is 0 Å². The van der Waals surface area contributed by atoms with Gasteiger partial charge in [0, 0.05) is 23.3 Å². The maximum atomic E-state index is 12.8. The minimum atomic E-state index is -0.255. The van der Waals surface area contributed by atoms with Gasteiger partial charge < -0.3 is 5.32 Å². The molecule has 1 aromatic rings. The molecule has 128 valence electrons. The second-order valence-corrected chi connectivity index (χ2v) is 8.10. The molecular weight excluding hydrogens is 318 g/mol. The van der Waals surface area contributed by atoms with Crippen molar-refractivity contribution in [2.45, 2.75) is 39.5 Å². The lowest BCUT2D eigenvalue weighted by atomic mass is 9.65. The van der Waals surface area contributed by atoms with Gasteiger partial charge in [-0.05, 0) is 42.7 Å². The molecule has 0 saturated heterocycles. The van der Waals surface area contributed by atoms with Crippen LogP contribution in [-0.4, -0.2) is 18.2 Å². The van der Waals surface area contributed by atoms with Gasteiger partial charge in [-0.3, -0.25) is 9.59 Å². The molecule has 4 heteroatoms. The van der Waals surface area contributed by atoms with Gasteiger partial charge in [0.2, 0.25) is 5.91 Å². The smallest absolute Gasteiger partial charge is 0.224 e. The summed E-state index contributed by atoms with van der Waals surface area (Å²) < 4.78 is 0. The van der Waals surface area contributed by atoms with Gasteiger partial charge in [0.15, 0.2) is 5.78 Å². The molecule has 2 atom stereocenters. The molecule has 0 saturated carbocycles. The summed E-state index contributed by atoms with van der Waals surface area (Å²) in [4.78, 5) is 25.8. The van der Waals surface area contributed by atoms with Gasteiger partial charge in [0.05, 0.1) is 5.92 Å². The van der Waals surface area contributed by atoms with Gasteiger partial charge in [0.25, 0.3) is 0 Å². The van der Waals surface area contributed by atoms with Gasteiger partial charge in [-0.2, -0.15) is 0 Å². The Kier molecular flexibility index (Phi) is 5.04. The number of nitrogens with one attached hydrogen (secondary N) is 1. The Hall–Kier alpha value is -1.68. The van der Waals surface area contributed by atoms with E-state index >= 15 is 0 Å². The van der Waals surface area contributed by atoms with E-state index in [1.807, 2.05) is 12.1 Å². The molecule has 1 N–H and O–H groups in total. The zero-order valence-corrected chi connectivity index (χ0v) is 15.2. The molecule has 24 heavy (non-hydrogen) atoms. The Bertz CT molecular complexity index is 672. The van der Waals surface area contributed by atoms with E-state index in [-0.39, 0.29) is 23.0 Å². The molecule has 1 amide bonds. The van der Waals surface area contributed by atoms with Crippen molar-refractivity contribution in [2.24, 2.45) is 17.3 Å². The molecule has 2 aliphatic carbocycles. The largest absolute Gasteiger partial charge is 0.355 e. The number of rotatable bonds is 5. The first-order chi connectivity index (χ1) is 11.5. The summed E-state index contributed by atoms with van der Waals surface area (Å²) >= 11 is 1.72. The van der Waals surface area contributed by atoms with E-state index in [0.717, 1.165) is 19.3 Å². The quantitative estimate of drug-likeness (QED) is 0.824. The monoisotopic (exact) mass is 343 g/mol. The Morgan fingerprint density at radius 1 is 1.46 bits per heavy atom. The molecule has 1 aromatic heterocycles. The summed E-state index contributed by atoms with van der Waals surface area (Å²) in [7, 11) is 0. The number of hydrogen-bond acceptors (Lipinski definition) is 3. The molecule has 1 spiro atoms. The highest BCUT2D eigenvalue weighted by atomic mass is 32.1. The maximum absolute atomic E-state index is 12.8. The molecule has 0 aliphatic heterocycles. The predicted octanol–water partition coefficient (Wildman–Crippen LogP) is 3.91. The number of hydrogen-bond donors (Lipinski definition) is 1. The van der Waals surface area contributed by atoms with E-state index in [1.165, 1.54) is 10.5 Å². The molecule has 0 radical (unpaired) electrons. The number of amides is 1. The van der Waals surface area contributed by atoms with Crippen molar-refractivity contribution in [2.75, 3.05) is 6.54 Å². The number of carbonyl (C=O) groups is 2. The number of ketones is 1. The highest BCUT2D eigenvalue weighted by Crippen LogP contribution is 2.52. The van der Waals surface area contributed by atoms with Crippen molar-refractivity contribution in [3.63, 3.8) is 0 Å². The summed E-state index contributed by atoms with van der Waals surface area (Å²) in [5, 5.41) is 5.18. The first kappa shape index (κ1) is 17.2. The lowest BCUT2D eigenvalue weighted by Crippen LogP contribution is -2.42. The van der Waals surface area contributed by atoms with Crippen LogP contribution in [0.2, 0.25) is 0 Å². The number of carbonyl (C=O) groups excluding carboxylic acids is 2. The lowest BCUT2D eigenvalue weighted by molar-refractivity contribution is -0.128. The van der Waals surface area contributed by atoms with Crippen LogP contribution < -0.4 is 5.32 Å². The average Bonchev–Trinajstić information content (AvgIpc) is 3.18. The lowest BCUT2D eigenvalue weighted by Gasteiger charge is -2.38. The van der Waals surface area contributed by atoms with E-state index in [2.05, 4.69) is 36.7 Å². The van der Waals surface area contributed by atoms with Gasteiger partial charge >= 0.3 is 0 Å². The third kappa shape index (κ3) is 3.25. The molecule has 0 fully saturated rings. The van der Waals surface area contributed by atoms with E-state index < -0.39 is 0 Å². The Morgan fingerprint density at radius 3 is 2.92 bits per heavy atom. The van der Waals surface area contributed by atoms with Crippen molar-refractivity contribution in [3.05, 3.63) is 46.2 Å². The van der Waals surface area contributed by atoms with Crippen molar-refractivity contribution < 1.29 is 9.59 Å². The Balaban J connectivity index is 1.71. The van der Waals surface area contributed by atoms with Crippen LogP contribution in [0.3, 0.4) is 0 Å². The van der Waals surface area contributed by atoms with Gasteiger partial charge in [-0.15, -0.1) is 11.3 Å². The fraction of sp³-hybridized carbons (Fsp3) is 0.500. The first-order valence-corrected chi connectivity index (χ1v) is 9.63. The topological polar surface area (TPSA) is 46.2 Å². The highest BCUT2D eigenvalue weighted by molar-refractivity contribution is 7.09. The molecular formula is C20H25NO2S. The van der Waals surface area contributed by atoms with Crippen LogP contribution in [0, 0.1) is 17.3 Å². The highest BCUT2D eigenvalue weighted by Gasteiger charge is 2.48. The zero-order valence-electron chi connectivity index (χ0n) is 14.4. The van der Waals surface area contributed by atoms with Crippen molar-refractivity contribution in [1.82, 2.24) is 5.32 Å². The first-order valence-electron chi connectivity index (χ1n) is 8.75. The SMILES string of the molecule is CC(C)C1=CC[C@H](C(=O)NCCc2cccs2)[C@@]12C=CC(=O)CC2. The molecule has 1 heterocycles. The average molecular weight is 343 g/mol. The molecule has 0 unspecified atom stereocenters. The Labute approximate surface area is 147 Å². The molecule has 3 rings (SSSR count). The number of thiophene rings is 1. The fourth-order valence-electron chi connectivity index (χ4n) is 4.12. The number of allylic oxidation sites excluding steroid dienone is 4. The van der Waals surface area contributed by atoms with Crippen LogP contribution in [0.1, 0.15) is 38.0 Å². The van der Waals surface area contributed by atoms with Crippen molar-refractivity contribution >= 4 is 23.0 Å². The minimum Gasteiger partial charge on any atom is -0.355 e. The normalized spacial score (nSPS) is 26.2. The summed E-state index contributed by atoms with van der Waals surface area (Å²) in [6.45, 7) is 5.02. The van der Waals surface area contributed by atoms with Gasteiger partial charge in [-0.1, -0.05) is 37.6 Å². The standard InChI is InChI=1S/C20H25NO2S/c1-14(2)17-5-6-18(20(17)10-7-15(22)8-11-20)19(23)21-12-9-16-4-3-13-24-16/h3-5,7,10,13-14,18H,6,8-9,11-12H2,1-2H3,(H,21,23)/t18-,20-/m1/s1. The van der Waals surface area contributed by atoms with Crippen molar-refractivity contribution in [1.29, 1.82) is 0 Å². The minimum absolute atomic E-state index is 0.0809. The third-order valence-corrected chi connectivity index (χ3v) is 6.21. The van der Waals surface area contributed by atoms with Gasteiger partial charge in [-0.25, -0.2) is 0 Å². The zero-order chi connectivity index (χ0) is 17.2. The van der Waals surface area contributed by atoms with E-state index in [1.54, 1.807) is 17.4 Å².